The zero-order valence-electron chi connectivity index (χ0n) is 15.1. The lowest BCUT2D eigenvalue weighted by molar-refractivity contribution is -0.151. The molecule has 1 aromatic carbocycles. The number of sulfonamides is 1. The molecule has 9 nitrogen and oxygen atoms in total. The summed E-state index contributed by atoms with van der Waals surface area (Å²) >= 11 is 0. The van der Waals surface area contributed by atoms with Crippen molar-refractivity contribution in [3.05, 3.63) is 41.6 Å². The summed E-state index contributed by atoms with van der Waals surface area (Å²) in [6.45, 7) is 1.97. The van der Waals surface area contributed by atoms with Crippen molar-refractivity contribution in [3.63, 3.8) is 0 Å². The molecule has 13 heteroatoms. The number of aryl methyl sites for hydroxylation is 1. The predicted octanol–water partition coefficient (Wildman–Crippen LogP) is 1.85. The number of esters is 1. The maximum absolute atomic E-state index is 12.7. The summed E-state index contributed by atoms with van der Waals surface area (Å²) in [7, 11) is -4.41. The van der Waals surface area contributed by atoms with E-state index in [0.717, 1.165) is 12.1 Å². The number of carbonyl (C=O) groups is 2. The second-order valence-corrected chi connectivity index (χ2v) is 7.57. The van der Waals surface area contributed by atoms with Crippen molar-refractivity contribution in [1.29, 1.82) is 0 Å². The van der Waals surface area contributed by atoms with Crippen LogP contribution in [0.5, 0.6) is 0 Å². The first-order valence-electron chi connectivity index (χ1n) is 7.99. The maximum Gasteiger partial charge on any atom is 0.416 e. The van der Waals surface area contributed by atoms with E-state index in [4.69, 9.17) is 9.26 Å². The Balaban J connectivity index is 1.93. The van der Waals surface area contributed by atoms with Gasteiger partial charge in [-0.2, -0.15) is 17.9 Å². The second-order valence-electron chi connectivity index (χ2n) is 5.80. The fourth-order valence-corrected chi connectivity index (χ4v) is 3.03. The highest BCUT2D eigenvalue weighted by Gasteiger charge is 2.31. The highest BCUT2D eigenvalue weighted by Crippen LogP contribution is 2.30. The first-order valence-corrected chi connectivity index (χ1v) is 9.47. The Morgan fingerprint density at radius 3 is 2.55 bits per heavy atom. The number of carbonyl (C=O) groups excluding carboxylic acids is 2. The summed E-state index contributed by atoms with van der Waals surface area (Å²) in [5.74, 6) is -1.84. The van der Waals surface area contributed by atoms with Crippen LogP contribution < -0.4 is 10.0 Å². The fraction of sp³-hybridized carbons (Fsp3) is 0.312. The molecule has 0 aliphatic rings. The molecule has 1 heterocycles. The predicted molar refractivity (Wildman–Crippen MR) is 92.1 cm³/mol. The van der Waals surface area contributed by atoms with Crippen LogP contribution >= 0.6 is 0 Å². The normalized spacial score (nSPS) is 13.0. The van der Waals surface area contributed by atoms with E-state index in [0.29, 0.717) is 17.8 Å². The van der Waals surface area contributed by atoms with Crippen LogP contribution in [-0.2, 0) is 30.5 Å². The Bertz CT molecular complexity index is 1000. The molecule has 0 fully saturated rings. The Morgan fingerprint density at radius 1 is 1.28 bits per heavy atom. The molecule has 1 unspecified atom stereocenters. The van der Waals surface area contributed by atoms with Gasteiger partial charge in [-0.15, -0.1) is 0 Å². The number of halogens is 3. The van der Waals surface area contributed by atoms with Crippen molar-refractivity contribution >= 4 is 27.8 Å². The summed E-state index contributed by atoms with van der Waals surface area (Å²) in [5.41, 5.74) is -0.648. The van der Waals surface area contributed by atoms with Crippen molar-refractivity contribution in [1.82, 2.24) is 9.88 Å². The molecule has 1 amide bonds. The topological polar surface area (TPSA) is 128 Å². The van der Waals surface area contributed by atoms with Crippen LogP contribution in [-0.4, -0.2) is 38.1 Å². The number of hydrogen-bond donors (Lipinski definition) is 2. The van der Waals surface area contributed by atoms with E-state index < -0.39 is 51.2 Å². The van der Waals surface area contributed by atoms with Gasteiger partial charge in [0.1, 0.15) is 6.54 Å². The molecule has 0 spiro atoms. The third kappa shape index (κ3) is 6.29. The monoisotopic (exact) mass is 435 g/mol. The zero-order valence-corrected chi connectivity index (χ0v) is 15.9. The van der Waals surface area contributed by atoms with Crippen LogP contribution in [0.3, 0.4) is 0 Å². The molecule has 0 aliphatic heterocycles. The number of amides is 1. The molecule has 0 radical (unpaired) electrons. The number of hydrogen-bond acceptors (Lipinski definition) is 7. The number of alkyl halides is 3. The smallest absolute Gasteiger partial charge is 0.416 e. The number of aromatic nitrogens is 1. The highest BCUT2D eigenvalue weighted by molar-refractivity contribution is 7.89. The van der Waals surface area contributed by atoms with Crippen molar-refractivity contribution < 1.29 is 40.4 Å². The van der Waals surface area contributed by atoms with E-state index in [9.17, 15) is 31.2 Å². The summed E-state index contributed by atoms with van der Waals surface area (Å²) < 4.78 is 73.7. The van der Waals surface area contributed by atoms with Gasteiger partial charge in [-0.05, 0) is 32.0 Å². The first kappa shape index (κ1) is 22.4. The standard InChI is InChI=1S/C16H16F3N3O6S/c1-9-6-13(28-22-9)21-15(24)10(2)27-14(23)8-20-29(25,26)12-5-3-4-11(7-12)16(17,18)19/h3-7,10,20H,8H2,1-2H3,(H,21,24). The highest BCUT2D eigenvalue weighted by atomic mass is 32.2. The fourth-order valence-electron chi connectivity index (χ4n) is 2.01. The Kier molecular flexibility index (Phi) is 6.64. The van der Waals surface area contributed by atoms with Gasteiger partial charge in [0.15, 0.2) is 6.10 Å². The van der Waals surface area contributed by atoms with Crippen LogP contribution in [0.25, 0.3) is 0 Å². The summed E-state index contributed by atoms with van der Waals surface area (Å²) in [6.07, 6.45) is -6.03. The molecule has 2 rings (SSSR count). The quantitative estimate of drug-likeness (QED) is 0.636. The first-order chi connectivity index (χ1) is 13.4. The SMILES string of the molecule is Cc1cc(NC(=O)C(C)OC(=O)CNS(=O)(=O)c2cccc(C(F)(F)F)c2)on1. The molecular formula is C16H16F3N3O6S. The maximum atomic E-state index is 12.7. The van der Waals surface area contributed by atoms with Gasteiger partial charge in [0.25, 0.3) is 5.91 Å². The zero-order chi connectivity index (χ0) is 21.8. The van der Waals surface area contributed by atoms with Crippen molar-refractivity contribution in [2.24, 2.45) is 0 Å². The van der Waals surface area contributed by atoms with Gasteiger partial charge in [-0.3, -0.25) is 14.9 Å². The molecule has 0 saturated carbocycles. The molecule has 1 atom stereocenters. The third-order valence-electron chi connectivity index (χ3n) is 3.43. The lowest BCUT2D eigenvalue weighted by atomic mass is 10.2. The van der Waals surface area contributed by atoms with Crippen LogP contribution in [0.1, 0.15) is 18.2 Å². The van der Waals surface area contributed by atoms with Gasteiger partial charge < -0.3 is 9.26 Å². The van der Waals surface area contributed by atoms with Crippen molar-refractivity contribution in [2.45, 2.75) is 31.0 Å². The summed E-state index contributed by atoms with van der Waals surface area (Å²) in [6, 6.07) is 4.44. The Labute approximate surface area is 163 Å². The van der Waals surface area contributed by atoms with Crippen molar-refractivity contribution in [2.75, 3.05) is 11.9 Å². The molecular weight excluding hydrogens is 419 g/mol. The van der Waals surface area contributed by atoms with Gasteiger partial charge in [-0.25, -0.2) is 8.42 Å². The summed E-state index contributed by atoms with van der Waals surface area (Å²) in [5, 5.41) is 5.85. The second kappa shape index (κ2) is 8.61. The number of ether oxygens (including phenoxy) is 1. The van der Waals surface area contributed by atoms with Crippen LogP contribution in [0.15, 0.2) is 39.8 Å². The molecule has 1 aromatic heterocycles. The van der Waals surface area contributed by atoms with E-state index in [1.165, 1.54) is 13.0 Å². The van der Waals surface area contributed by atoms with Crippen molar-refractivity contribution in [3.8, 4) is 0 Å². The Morgan fingerprint density at radius 2 is 1.97 bits per heavy atom. The van der Waals surface area contributed by atoms with E-state index in [1.54, 1.807) is 6.92 Å². The minimum atomic E-state index is -4.73. The van der Waals surface area contributed by atoms with E-state index in [1.807, 2.05) is 4.72 Å². The third-order valence-corrected chi connectivity index (χ3v) is 4.83. The largest absolute Gasteiger partial charge is 0.452 e. The number of anilines is 1. The number of nitrogens with zero attached hydrogens (tertiary/aromatic N) is 1. The minimum absolute atomic E-state index is 0.0284. The van der Waals surface area contributed by atoms with Gasteiger partial charge >= 0.3 is 12.1 Å². The average Bonchev–Trinajstić information content (AvgIpc) is 3.04. The number of rotatable bonds is 7. The molecule has 2 aromatic rings. The minimum Gasteiger partial charge on any atom is -0.452 e. The molecule has 0 saturated heterocycles. The van der Waals surface area contributed by atoms with Gasteiger partial charge in [0, 0.05) is 6.07 Å². The van der Waals surface area contributed by atoms with E-state index in [2.05, 4.69) is 10.5 Å². The molecule has 2 N–H and O–H groups in total. The average molecular weight is 435 g/mol. The summed E-state index contributed by atoms with van der Waals surface area (Å²) in [4.78, 5) is 23.0. The van der Waals surface area contributed by atoms with Crippen LogP contribution in [0, 0.1) is 6.92 Å². The lowest BCUT2D eigenvalue weighted by Crippen LogP contribution is -2.35. The van der Waals surface area contributed by atoms with Gasteiger partial charge in [0.2, 0.25) is 15.9 Å². The molecule has 29 heavy (non-hydrogen) atoms. The van der Waals surface area contributed by atoms with Crippen LogP contribution in [0.4, 0.5) is 19.1 Å². The van der Waals surface area contributed by atoms with E-state index >= 15 is 0 Å². The number of benzene rings is 1. The van der Waals surface area contributed by atoms with Gasteiger partial charge in [0.05, 0.1) is 16.2 Å². The van der Waals surface area contributed by atoms with E-state index in [-0.39, 0.29) is 5.88 Å². The lowest BCUT2D eigenvalue weighted by Gasteiger charge is -2.13. The van der Waals surface area contributed by atoms with Gasteiger partial charge in [-0.1, -0.05) is 11.2 Å². The molecule has 0 aliphatic carbocycles. The van der Waals surface area contributed by atoms with Crippen LogP contribution in [0.2, 0.25) is 0 Å². The number of nitrogens with one attached hydrogen (secondary N) is 2. The molecule has 158 valence electrons. The Hall–Kier alpha value is -2.93. The molecule has 0 bridgehead atoms.